The monoisotopic (exact) mass is 219 g/mol. The minimum atomic E-state index is -1.40. The molecule has 0 heterocycles. The molecule has 0 aliphatic heterocycles. The van der Waals surface area contributed by atoms with Gasteiger partial charge in [0.05, 0.1) is 0 Å². The number of aliphatic imine (C=N–C) groups is 1. The number of isocyanates is 1. The van der Waals surface area contributed by atoms with Crippen LogP contribution in [0.25, 0.3) is 0 Å². The fourth-order valence-corrected chi connectivity index (χ4v) is 1.67. The highest BCUT2D eigenvalue weighted by Crippen LogP contribution is 2.28. The maximum atomic E-state index is 10.4. The Bertz CT molecular complexity index is 357. The summed E-state index contributed by atoms with van der Waals surface area (Å²) in [7, 11) is 0. The first-order valence-electron chi connectivity index (χ1n) is 5.60. The van der Waals surface area contributed by atoms with Crippen molar-refractivity contribution >= 4 is 6.08 Å². The Hall–Kier alpha value is -1.44. The first-order valence-corrected chi connectivity index (χ1v) is 5.60. The lowest BCUT2D eigenvalue weighted by atomic mass is 9.97. The van der Waals surface area contributed by atoms with Gasteiger partial charge < -0.3 is 5.11 Å². The Morgan fingerprint density at radius 1 is 1.31 bits per heavy atom. The number of hydrogen-bond acceptors (Lipinski definition) is 3. The average molecular weight is 219 g/mol. The highest BCUT2D eigenvalue weighted by atomic mass is 16.3. The van der Waals surface area contributed by atoms with Crippen LogP contribution in [-0.2, 0) is 10.5 Å². The summed E-state index contributed by atoms with van der Waals surface area (Å²) >= 11 is 0. The van der Waals surface area contributed by atoms with Crippen LogP contribution in [0.2, 0.25) is 0 Å². The van der Waals surface area contributed by atoms with E-state index in [1.165, 1.54) is 6.08 Å². The lowest BCUT2D eigenvalue weighted by Crippen LogP contribution is -2.22. The summed E-state index contributed by atoms with van der Waals surface area (Å²) in [5.41, 5.74) is -0.757. The van der Waals surface area contributed by atoms with Crippen LogP contribution >= 0.6 is 0 Å². The van der Waals surface area contributed by atoms with Gasteiger partial charge in [-0.1, -0.05) is 50.1 Å². The van der Waals surface area contributed by atoms with Crippen molar-refractivity contribution in [2.24, 2.45) is 4.99 Å². The molecule has 0 spiro atoms. The number of aliphatic hydroxyl groups is 1. The molecule has 0 amide bonds. The summed E-state index contributed by atoms with van der Waals surface area (Å²) in [5, 5.41) is 10.3. The summed E-state index contributed by atoms with van der Waals surface area (Å²) in [5.74, 6) is 0. The van der Waals surface area contributed by atoms with Crippen molar-refractivity contribution < 1.29 is 9.90 Å². The second-order valence-electron chi connectivity index (χ2n) is 3.84. The highest BCUT2D eigenvalue weighted by Gasteiger charge is 2.27. The molecular formula is C13H17NO2. The van der Waals surface area contributed by atoms with Crippen LogP contribution < -0.4 is 0 Å². The van der Waals surface area contributed by atoms with Crippen LogP contribution in [0.4, 0.5) is 0 Å². The standard InChI is InChI=1S/C13H17NO2/c1-2-3-7-10-13(16,14-11-15)12-8-5-4-6-9-12/h4-6,8-9,16H,2-3,7,10H2,1H3. The number of hydrogen-bond donors (Lipinski definition) is 1. The topological polar surface area (TPSA) is 49.7 Å². The number of benzene rings is 1. The lowest BCUT2D eigenvalue weighted by molar-refractivity contribution is 0.0344. The van der Waals surface area contributed by atoms with Gasteiger partial charge in [0.15, 0.2) is 5.72 Å². The fraction of sp³-hybridized carbons (Fsp3) is 0.462. The molecule has 0 bridgehead atoms. The summed E-state index contributed by atoms with van der Waals surface area (Å²) < 4.78 is 0. The molecule has 1 atom stereocenters. The molecule has 0 radical (unpaired) electrons. The first-order chi connectivity index (χ1) is 7.73. The number of nitrogens with zero attached hydrogens (tertiary/aromatic N) is 1. The molecular weight excluding hydrogens is 202 g/mol. The van der Waals surface area contributed by atoms with Gasteiger partial charge >= 0.3 is 0 Å². The van der Waals surface area contributed by atoms with E-state index in [0.29, 0.717) is 12.0 Å². The van der Waals surface area contributed by atoms with E-state index in [2.05, 4.69) is 11.9 Å². The van der Waals surface area contributed by atoms with Gasteiger partial charge in [0.1, 0.15) is 0 Å². The van der Waals surface area contributed by atoms with Gasteiger partial charge in [0, 0.05) is 12.0 Å². The zero-order valence-electron chi connectivity index (χ0n) is 9.52. The van der Waals surface area contributed by atoms with E-state index in [9.17, 15) is 9.90 Å². The Morgan fingerprint density at radius 2 is 2.00 bits per heavy atom. The molecule has 1 aromatic rings. The minimum absolute atomic E-state index is 0.458. The SMILES string of the molecule is CCCCCC(O)(N=C=O)c1ccccc1. The van der Waals surface area contributed by atoms with E-state index in [1.54, 1.807) is 12.1 Å². The average Bonchev–Trinajstić information content (AvgIpc) is 2.31. The molecule has 1 rings (SSSR count). The van der Waals surface area contributed by atoms with Crippen molar-refractivity contribution in [3.8, 4) is 0 Å². The van der Waals surface area contributed by atoms with Crippen molar-refractivity contribution in [1.82, 2.24) is 0 Å². The maximum absolute atomic E-state index is 10.4. The molecule has 86 valence electrons. The maximum Gasteiger partial charge on any atom is 0.238 e. The predicted molar refractivity (Wildman–Crippen MR) is 62.6 cm³/mol. The van der Waals surface area contributed by atoms with Crippen LogP contribution in [0.15, 0.2) is 35.3 Å². The highest BCUT2D eigenvalue weighted by molar-refractivity contribution is 5.36. The van der Waals surface area contributed by atoms with Crippen LogP contribution in [-0.4, -0.2) is 11.2 Å². The normalized spacial score (nSPS) is 13.9. The van der Waals surface area contributed by atoms with Gasteiger partial charge in [0.25, 0.3) is 0 Å². The molecule has 0 aliphatic rings. The Kier molecular flexibility index (Phi) is 4.90. The van der Waals surface area contributed by atoms with Gasteiger partial charge in [-0.15, -0.1) is 0 Å². The molecule has 3 heteroatoms. The third kappa shape index (κ3) is 3.30. The van der Waals surface area contributed by atoms with Crippen LogP contribution in [0.3, 0.4) is 0 Å². The quantitative estimate of drug-likeness (QED) is 0.454. The van der Waals surface area contributed by atoms with Crippen LogP contribution in [0, 0.1) is 0 Å². The van der Waals surface area contributed by atoms with E-state index in [4.69, 9.17) is 0 Å². The van der Waals surface area contributed by atoms with E-state index in [0.717, 1.165) is 19.3 Å². The first kappa shape index (κ1) is 12.6. The smallest absolute Gasteiger partial charge is 0.238 e. The molecule has 1 N–H and O–H groups in total. The van der Waals surface area contributed by atoms with Gasteiger partial charge in [-0.3, -0.25) is 0 Å². The number of unbranched alkanes of at least 4 members (excludes halogenated alkanes) is 2. The zero-order valence-corrected chi connectivity index (χ0v) is 9.52. The fourth-order valence-electron chi connectivity index (χ4n) is 1.67. The van der Waals surface area contributed by atoms with E-state index < -0.39 is 5.72 Å². The summed E-state index contributed by atoms with van der Waals surface area (Å²) in [6, 6.07) is 9.04. The van der Waals surface area contributed by atoms with Gasteiger partial charge in [0.2, 0.25) is 6.08 Å². The second kappa shape index (κ2) is 6.21. The Morgan fingerprint density at radius 3 is 2.56 bits per heavy atom. The molecule has 0 saturated heterocycles. The summed E-state index contributed by atoms with van der Waals surface area (Å²) in [6.07, 6.45) is 4.84. The Balaban J connectivity index is 2.84. The van der Waals surface area contributed by atoms with Gasteiger partial charge in [-0.25, -0.2) is 4.79 Å². The van der Waals surface area contributed by atoms with E-state index in [1.807, 2.05) is 18.2 Å². The molecule has 0 aliphatic carbocycles. The molecule has 0 saturated carbocycles. The second-order valence-corrected chi connectivity index (χ2v) is 3.84. The third-order valence-electron chi connectivity index (χ3n) is 2.60. The predicted octanol–water partition coefficient (Wildman–Crippen LogP) is 2.75. The number of rotatable bonds is 6. The molecule has 3 nitrogen and oxygen atoms in total. The molecule has 0 fully saturated rings. The van der Waals surface area contributed by atoms with Gasteiger partial charge in [-0.05, 0) is 6.42 Å². The number of carbonyl (C=O) groups excluding carboxylic acids is 1. The summed E-state index contributed by atoms with van der Waals surface area (Å²) in [4.78, 5) is 13.9. The van der Waals surface area contributed by atoms with Crippen LogP contribution in [0.5, 0.6) is 0 Å². The van der Waals surface area contributed by atoms with Crippen molar-refractivity contribution in [2.75, 3.05) is 0 Å². The lowest BCUT2D eigenvalue weighted by Gasteiger charge is -2.22. The third-order valence-corrected chi connectivity index (χ3v) is 2.60. The van der Waals surface area contributed by atoms with Crippen LogP contribution in [0.1, 0.15) is 38.2 Å². The molecule has 16 heavy (non-hydrogen) atoms. The van der Waals surface area contributed by atoms with Crippen molar-refractivity contribution in [3.63, 3.8) is 0 Å². The zero-order chi connectivity index (χ0) is 11.9. The summed E-state index contributed by atoms with van der Waals surface area (Å²) in [6.45, 7) is 2.09. The van der Waals surface area contributed by atoms with E-state index in [-0.39, 0.29) is 0 Å². The van der Waals surface area contributed by atoms with Crippen molar-refractivity contribution in [3.05, 3.63) is 35.9 Å². The van der Waals surface area contributed by atoms with Crippen molar-refractivity contribution in [1.29, 1.82) is 0 Å². The molecule has 1 aromatic carbocycles. The largest absolute Gasteiger partial charge is 0.365 e. The molecule has 1 unspecified atom stereocenters. The van der Waals surface area contributed by atoms with E-state index >= 15 is 0 Å². The van der Waals surface area contributed by atoms with Gasteiger partial charge in [-0.2, -0.15) is 4.99 Å². The van der Waals surface area contributed by atoms with Crippen molar-refractivity contribution in [2.45, 2.75) is 38.3 Å². The minimum Gasteiger partial charge on any atom is -0.365 e. The molecule has 0 aromatic heterocycles. The Labute approximate surface area is 95.8 Å².